The third-order valence-corrected chi connectivity index (χ3v) is 3.26. The van der Waals surface area contributed by atoms with Crippen LogP contribution in [0.1, 0.15) is 16.1 Å². The number of carbonyl (C=O) groups is 1. The van der Waals surface area contributed by atoms with Crippen molar-refractivity contribution in [1.29, 1.82) is 0 Å². The Balaban J connectivity index is 1.80. The zero-order valence-electron chi connectivity index (χ0n) is 12.2. The molecule has 1 N–H and O–H groups in total. The molecule has 0 saturated carbocycles. The summed E-state index contributed by atoms with van der Waals surface area (Å²) in [6.45, 7) is 0.467. The van der Waals surface area contributed by atoms with E-state index < -0.39 is 5.97 Å². The van der Waals surface area contributed by atoms with E-state index in [-0.39, 0.29) is 5.69 Å². The van der Waals surface area contributed by atoms with E-state index in [4.69, 9.17) is 9.84 Å². The molecule has 0 bridgehead atoms. The predicted octanol–water partition coefficient (Wildman–Crippen LogP) is 3.42. The minimum absolute atomic E-state index is 0.0365. The van der Waals surface area contributed by atoms with Gasteiger partial charge < -0.3 is 9.84 Å². The van der Waals surface area contributed by atoms with Gasteiger partial charge in [-0.05, 0) is 23.8 Å². The first kappa shape index (κ1) is 14.7. The predicted molar refractivity (Wildman–Crippen MR) is 85.2 cm³/mol. The number of hydrogen-bond donors (Lipinski definition) is 1. The Morgan fingerprint density at radius 2 is 1.83 bits per heavy atom. The molecule has 0 fully saturated rings. The number of hydrogen-bond acceptors (Lipinski definition) is 4. The van der Waals surface area contributed by atoms with Crippen LogP contribution in [-0.4, -0.2) is 21.0 Å². The summed E-state index contributed by atoms with van der Waals surface area (Å²) in [7, 11) is 0. The summed E-state index contributed by atoms with van der Waals surface area (Å²) in [5.41, 5.74) is 2.36. The van der Waals surface area contributed by atoms with E-state index in [0.29, 0.717) is 18.1 Å². The lowest BCUT2D eigenvalue weighted by atomic mass is 10.1. The van der Waals surface area contributed by atoms with Gasteiger partial charge >= 0.3 is 5.97 Å². The lowest BCUT2D eigenvalue weighted by Gasteiger charge is -2.08. The molecule has 3 aromatic rings. The molecule has 0 aliphatic carbocycles. The maximum absolute atomic E-state index is 11.0. The first-order valence-corrected chi connectivity index (χ1v) is 7.05. The Morgan fingerprint density at radius 3 is 2.61 bits per heavy atom. The van der Waals surface area contributed by atoms with E-state index >= 15 is 0 Å². The average Bonchev–Trinajstić information content (AvgIpc) is 2.61. The SMILES string of the molecule is O=C(O)c1cc(-c2cccc(OCc3ccccc3)c2)ncn1. The number of ether oxygens (including phenoxy) is 1. The lowest BCUT2D eigenvalue weighted by Crippen LogP contribution is -2.01. The molecule has 23 heavy (non-hydrogen) atoms. The largest absolute Gasteiger partial charge is 0.489 e. The first-order valence-electron chi connectivity index (χ1n) is 7.05. The third-order valence-electron chi connectivity index (χ3n) is 3.26. The molecule has 0 radical (unpaired) electrons. The van der Waals surface area contributed by atoms with Crippen LogP contribution in [0.4, 0.5) is 0 Å². The van der Waals surface area contributed by atoms with Crippen LogP contribution < -0.4 is 4.74 Å². The number of aromatic carboxylic acids is 1. The fourth-order valence-corrected chi connectivity index (χ4v) is 2.12. The Kier molecular flexibility index (Phi) is 4.29. The lowest BCUT2D eigenvalue weighted by molar-refractivity contribution is 0.0690. The molecule has 2 aromatic carbocycles. The number of carboxylic acid groups (broad SMARTS) is 1. The van der Waals surface area contributed by atoms with Gasteiger partial charge in [-0.1, -0.05) is 42.5 Å². The van der Waals surface area contributed by atoms with Crippen LogP contribution in [0, 0.1) is 0 Å². The smallest absolute Gasteiger partial charge is 0.354 e. The van der Waals surface area contributed by atoms with Gasteiger partial charge in [0, 0.05) is 5.56 Å². The van der Waals surface area contributed by atoms with Crippen molar-refractivity contribution in [3.8, 4) is 17.0 Å². The molecule has 0 spiro atoms. The van der Waals surface area contributed by atoms with E-state index in [1.165, 1.54) is 12.4 Å². The highest BCUT2D eigenvalue weighted by Gasteiger charge is 2.08. The van der Waals surface area contributed by atoms with Crippen LogP contribution in [-0.2, 0) is 6.61 Å². The molecule has 0 aliphatic rings. The number of rotatable bonds is 5. The van der Waals surface area contributed by atoms with Crippen LogP contribution in [0.25, 0.3) is 11.3 Å². The summed E-state index contributed by atoms with van der Waals surface area (Å²) in [6, 6.07) is 18.7. The summed E-state index contributed by atoms with van der Waals surface area (Å²) < 4.78 is 5.77. The van der Waals surface area contributed by atoms with Crippen LogP contribution in [0.5, 0.6) is 5.75 Å². The minimum atomic E-state index is -1.08. The van der Waals surface area contributed by atoms with E-state index in [2.05, 4.69) is 9.97 Å². The number of nitrogens with zero attached hydrogens (tertiary/aromatic N) is 2. The van der Waals surface area contributed by atoms with Gasteiger partial charge in [0.05, 0.1) is 5.69 Å². The molecule has 5 nitrogen and oxygen atoms in total. The molecule has 0 unspecified atom stereocenters. The summed E-state index contributed by atoms with van der Waals surface area (Å²) in [5.74, 6) is -0.382. The van der Waals surface area contributed by atoms with Crippen LogP contribution in [0.3, 0.4) is 0 Å². The van der Waals surface area contributed by atoms with Gasteiger partial charge in [-0.3, -0.25) is 0 Å². The summed E-state index contributed by atoms with van der Waals surface area (Å²) in [4.78, 5) is 18.8. The Labute approximate surface area is 133 Å². The van der Waals surface area contributed by atoms with Gasteiger partial charge in [0.1, 0.15) is 18.7 Å². The second-order valence-electron chi connectivity index (χ2n) is 4.90. The zero-order chi connectivity index (χ0) is 16.1. The number of aromatic nitrogens is 2. The van der Waals surface area contributed by atoms with Crippen LogP contribution in [0.15, 0.2) is 67.0 Å². The van der Waals surface area contributed by atoms with Crippen LogP contribution >= 0.6 is 0 Å². The molecule has 0 saturated heterocycles. The third kappa shape index (κ3) is 3.71. The van der Waals surface area contributed by atoms with Gasteiger partial charge in [0.25, 0.3) is 0 Å². The van der Waals surface area contributed by atoms with Crippen molar-refractivity contribution in [2.24, 2.45) is 0 Å². The monoisotopic (exact) mass is 306 g/mol. The van der Waals surface area contributed by atoms with E-state index in [9.17, 15) is 4.79 Å². The zero-order valence-corrected chi connectivity index (χ0v) is 12.2. The molecule has 1 heterocycles. The normalized spacial score (nSPS) is 10.3. The maximum Gasteiger partial charge on any atom is 0.354 e. The molecule has 5 heteroatoms. The fourth-order valence-electron chi connectivity index (χ4n) is 2.12. The van der Waals surface area contributed by atoms with Crippen molar-refractivity contribution in [3.05, 3.63) is 78.2 Å². The van der Waals surface area contributed by atoms with Crippen molar-refractivity contribution in [3.63, 3.8) is 0 Å². The highest BCUT2D eigenvalue weighted by Crippen LogP contribution is 2.23. The van der Waals surface area contributed by atoms with Gasteiger partial charge in [0.15, 0.2) is 5.69 Å². The Hall–Kier alpha value is -3.21. The van der Waals surface area contributed by atoms with Crippen molar-refractivity contribution in [1.82, 2.24) is 9.97 Å². The van der Waals surface area contributed by atoms with E-state index in [1.54, 1.807) is 0 Å². The quantitative estimate of drug-likeness (QED) is 0.782. The molecule has 1 aromatic heterocycles. The molecule has 0 aliphatic heterocycles. The van der Waals surface area contributed by atoms with Crippen molar-refractivity contribution in [2.75, 3.05) is 0 Å². The number of carboxylic acids is 1. The molecule has 114 valence electrons. The molecular weight excluding hydrogens is 292 g/mol. The van der Waals surface area contributed by atoms with E-state index in [0.717, 1.165) is 11.1 Å². The number of benzene rings is 2. The van der Waals surface area contributed by atoms with Crippen molar-refractivity contribution >= 4 is 5.97 Å². The minimum Gasteiger partial charge on any atom is -0.489 e. The fraction of sp³-hybridized carbons (Fsp3) is 0.0556. The summed E-state index contributed by atoms with van der Waals surface area (Å²) >= 11 is 0. The highest BCUT2D eigenvalue weighted by molar-refractivity contribution is 5.86. The highest BCUT2D eigenvalue weighted by atomic mass is 16.5. The molecule has 0 atom stereocenters. The van der Waals surface area contributed by atoms with Crippen molar-refractivity contribution in [2.45, 2.75) is 6.61 Å². The molecule has 0 amide bonds. The topological polar surface area (TPSA) is 72.3 Å². The van der Waals surface area contributed by atoms with Crippen molar-refractivity contribution < 1.29 is 14.6 Å². The van der Waals surface area contributed by atoms with Gasteiger partial charge in [0.2, 0.25) is 0 Å². The van der Waals surface area contributed by atoms with Gasteiger partial charge in [-0.2, -0.15) is 0 Å². The van der Waals surface area contributed by atoms with Crippen LogP contribution in [0.2, 0.25) is 0 Å². The average molecular weight is 306 g/mol. The summed E-state index contributed by atoms with van der Waals surface area (Å²) in [5, 5.41) is 9.01. The Bertz CT molecular complexity index is 819. The van der Waals surface area contributed by atoms with Gasteiger partial charge in [-0.15, -0.1) is 0 Å². The van der Waals surface area contributed by atoms with E-state index in [1.807, 2.05) is 54.6 Å². The first-order chi connectivity index (χ1) is 11.2. The molecular formula is C18H14N2O3. The maximum atomic E-state index is 11.0. The molecule has 3 rings (SSSR count). The second kappa shape index (κ2) is 6.70. The second-order valence-corrected chi connectivity index (χ2v) is 4.90. The summed E-state index contributed by atoms with van der Waals surface area (Å²) in [6.07, 6.45) is 1.25. The van der Waals surface area contributed by atoms with Gasteiger partial charge in [-0.25, -0.2) is 14.8 Å². The Morgan fingerprint density at radius 1 is 1.00 bits per heavy atom. The standard InChI is InChI=1S/C18H14N2O3/c21-18(22)17-10-16(19-12-20-17)14-7-4-8-15(9-14)23-11-13-5-2-1-3-6-13/h1-10,12H,11H2,(H,21,22).